The lowest BCUT2D eigenvalue weighted by Crippen LogP contribution is -2.03. The fraction of sp³-hybridized carbons (Fsp3) is 0.133. The van der Waals surface area contributed by atoms with Crippen LogP contribution >= 0.6 is 39.1 Å². The van der Waals surface area contributed by atoms with E-state index in [-0.39, 0.29) is 5.78 Å². The van der Waals surface area contributed by atoms with Crippen LogP contribution in [0.2, 0.25) is 10.0 Å². The van der Waals surface area contributed by atoms with Crippen molar-refractivity contribution in [3.8, 4) is 5.75 Å². The Bertz CT molecular complexity index is 656. The molecule has 0 saturated heterocycles. The SMILES string of the molecule is CCOc1ccc(C(=O)c2ccc(Cl)cc2Cl)c(Br)c1. The predicted octanol–water partition coefficient (Wildman–Crippen LogP) is 5.39. The minimum Gasteiger partial charge on any atom is -0.494 e. The Balaban J connectivity index is 2.38. The van der Waals surface area contributed by atoms with Crippen LogP contribution in [0.5, 0.6) is 5.75 Å². The maximum Gasteiger partial charge on any atom is 0.195 e. The molecule has 0 atom stereocenters. The van der Waals surface area contributed by atoms with E-state index in [1.165, 1.54) is 0 Å². The summed E-state index contributed by atoms with van der Waals surface area (Å²) in [6.45, 7) is 2.48. The molecule has 2 rings (SSSR count). The van der Waals surface area contributed by atoms with E-state index in [2.05, 4.69) is 15.9 Å². The van der Waals surface area contributed by atoms with Crippen LogP contribution in [0.3, 0.4) is 0 Å². The number of benzene rings is 2. The summed E-state index contributed by atoms with van der Waals surface area (Å²) in [5.41, 5.74) is 0.943. The van der Waals surface area contributed by atoms with E-state index in [9.17, 15) is 4.79 Å². The van der Waals surface area contributed by atoms with Gasteiger partial charge in [0.2, 0.25) is 0 Å². The second-order valence-electron chi connectivity index (χ2n) is 4.03. The van der Waals surface area contributed by atoms with Gasteiger partial charge in [-0.3, -0.25) is 4.79 Å². The van der Waals surface area contributed by atoms with Crippen LogP contribution in [0.1, 0.15) is 22.8 Å². The Morgan fingerprint density at radius 3 is 2.45 bits per heavy atom. The maximum atomic E-state index is 12.5. The number of hydrogen-bond donors (Lipinski definition) is 0. The Kier molecular flexibility index (Phi) is 5.08. The molecule has 0 heterocycles. The number of carbonyl (C=O) groups is 1. The van der Waals surface area contributed by atoms with E-state index in [0.29, 0.717) is 38.0 Å². The minimum absolute atomic E-state index is 0.165. The van der Waals surface area contributed by atoms with Gasteiger partial charge < -0.3 is 4.74 Å². The second-order valence-corrected chi connectivity index (χ2v) is 5.73. The molecule has 2 aromatic rings. The van der Waals surface area contributed by atoms with Gasteiger partial charge in [-0.05, 0) is 59.3 Å². The van der Waals surface area contributed by atoms with E-state index in [0.717, 1.165) is 0 Å². The van der Waals surface area contributed by atoms with Crippen molar-refractivity contribution in [2.75, 3.05) is 6.61 Å². The first-order valence-electron chi connectivity index (χ1n) is 5.95. The van der Waals surface area contributed by atoms with Gasteiger partial charge in [-0.15, -0.1) is 0 Å². The van der Waals surface area contributed by atoms with Gasteiger partial charge in [-0.25, -0.2) is 0 Å². The van der Waals surface area contributed by atoms with Crippen LogP contribution in [0.15, 0.2) is 40.9 Å². The first kappa shape index (κ1) is 15.4. The fourth-order valence-corrected chi connectivity index (χ4v) is 2.79. The van der Waals surface area contributed by atoms with Crippen LogP contribution in [0.4, 0.5) is 0 Å². The monoisotopic (exact) mass is 372 g/mol. The number of rotatable bonds is 4. The molecule has 0 aromatic heterocycles. The average Bonchev–Trinajstić information content (AvgIpc) is 2.38. The van der Waals surface area contributed by atoms with Gasteiger partial charge in [0.15, 0.2) is 5.78 Å². The Labute approximate surface area is 135 Å². The molecule has 0 N–H and O–H groups in total. The number of halogens is 3. The van der Waals surface area contributed by atoms with Crippen molar-refractivity contribution < 1.29 is 9.53 Å². The molecule has 2 aromatic carbocycles. The van der Waals surface area contributed by atoms with Crippen LogP contribution in [-0.2, 0) is 0 Å². The van der Waals surface area contributed by atoms with Gasteiger partial charge >= 0.3 is 0 Å². The molecule has 0 aliphatic rings. The minimum atomic E-state index is -0.165. The van der Waals surface area contributed by atoms with Gasteiger partial charge in [-0.1, -0.05) is 23.2 Å². The van der Waals surface area contributed by atoms with E-state index in [4.69, 9.17) is 27.9 Å². The van der Waals surface area contributed by atoms with Crippen molar-refractivity contribution in [3.63, 3.8) is 0 Å². The van der Waals surface area contributed by atoms with Gasteiger partial charge in [-0.2, -0.15) is 0 Å². The molecule has 0 spiro atoms. The highest BCUT2D eigenvalue weighted by Crippen LogP contribution is 2.28. The Morgan fingerprint density at radius 2 is 1.85 bits per heavy atom. The largest absolute Gasteiger partial charge is 0.494 e. The normalized spacial score (nSPS) is 10.4. The lowest BCUT2D eigenvalue weighted by atomic mass is 10.0. The number of ether oxygens (including phenoxy) is 1. The van der Waals surface area contributed by atoms with Crippen molar-refractivity contribution in [2.24, 2.45) is 0 Å². The van der Waals surface area contributed by atoms with E-state index in [1.807, 2.05) is 6.92 Å². The van der Waals surface area contributed by atoms with Crippen LogP contribution in [-0.4, -0.2) is 12.4 Å². The molecule has 0 bridgehead atoms. The molecule has 0 radical (unpaired) electrons. The zero-order chi connectivity index (χ0) is 14.7. The highest BCUT2D eigenvalue weighted by Gasteiger charge is 2.16. The highest BCUT2D eigenvalue weighted by atomic mass is 79.9. The third-order valence-electron chi connectivity index (χ3n) is 2.67. The zero-order valence-electron chi connectivity index (χ0n) is 10.6. The molecule has 2 nitrogen and oxygen atoms in total. The predicted molar refractivity (Wildman–Crippen MR) is 85.2 cm³/mol. The fourth-order valence-electron chi connectivity index (χ4n) is 1.76. The molecule has 0 aliphatic heterocycles. The summed E-state index contributed by atoms with van der Waals surface area (Å²) in [5.74, 6) is 0.541. The molecule has 0 aliphatic carbocycles. The van der Waals surface area contributed by atoms with Crippen molar-refractivity contribution >= 4 is 44.9 Å². The number of carbonyl (C=O) groups excluding carboxylic acids is 1. The first-order chi connectivity index (χ1) is 9.52. The molecule has 104 valence electrons. The standard InChI is InChI=1S/C15H11BrCl2O2/c1-2-20-10-4-6-11(13(16)8-10)15(19)12-5-3-9(17)7-14(12)18/h3-8H,2H2,1H3. The molecule has 0 saturated carbocycles. The summed E-state index contributed by atoms with van der Waals surface area (Å²) in [4.78, 5) is 12.5. The Hall–Kier alpha value is -1.03. The Morgan fingerprint density at radius 1 is 1.15 bits per heavy atom. The summed E-state index contributed by atoms with van der Waals surface area (Å²) in [7, 11) is 0. The molecule has 0 amide bonds. The van der Waals surface area contributed by atoms with E-state index < -0.39 is 0 Å². The summed E-state index contributed by atoms with van der Waals surface area (Å²) < 4.78 is 6.05. The van der Waals surface area contributed by atoms with Crippen molar-refractivity contribution in [3.05, 3.63) is 62.0 Å². The molecule has 5 heteroatoms. The quantitative estimate of drug-likeness (QED) is 0.672. The average molecular weight is 374 g/mol. The van der Waals surface area contributed by atoms with Crippen LogP contribution in [0.25, 0.3) is 0 Å². The lowest BCUT2D eigenvalue weighted by molar-refractivity contribution is 0.103. The van der Waals surface area contributed by atoms with Crippen LogP contribution in [0, 0.1) is 0 Å². The third kappa shape index (κ3) is 3.35. The highest BCUT2D eigenvalue weighted by molar-refractivity contribution is 9.10. The first-order valence-corrected chi connectivity index (χ1v) is 7.50. The summed E-state index contributed by atoms with van der Waals surface area (Å²) in [6, 6.07) is 10.0. The maximum absolute atomic E-state index is 12.5. The number of hydrogen-bond acceptors (Lipinski definition) is 2. The van der Waals surface area contributed by atoms with E-state index >= 15 is 0 Å². The molecule has 0 fully saturated rings. The van der Waals surface area contributed by atoms with Crippen molar-refractivity contribution in [2.45, 2.75) is 6.92 Å². The molecule has 20 heavy (non-hydrogen) atoms. The second kappa shape index (κ2) is 6.61. The van der Waals surface area contributed by atoms with E-state index in [1.54, 1.807) is 36.4 Å². The van der Waals surface area contributed by atoms with Crippen molar-refractivity contribution in [1.29, 1.82) is 0 Å². The smallest absolute Gasteiger partial charge is 0.195 e. The molecule has 0 unspecified atom stereocenters. The van der Waals surface area contributed by atoms with Crippen LogP contribution < -0.4 is 4.74 Å². The van der Waals surface area contributed by atoms with Crippen molar-refractivity contribution in [1.82, 2.24) is 0 Å². The summed E-state index contributed by atoms with van der Waals surface area (Å²) in [5, 5.41) is 0.834. The van der Waals surface area contributed by atoms with Gasteiger partial charge in [0.1, 0.15) is 5.75 Å². The third-order valence-corrected chi connectivity index (χ3v) is 3.88. The topological polar surface area (TPSA) is 26.3 Å². The zero-order valence-corrected chi connectivity index (χ0v) is 13.7. The number of ketones is 1. The molecular formula is C15H11BrCl2O2. The van der Waals surface area contributed by atoms with Gasteiger partial charge in [0, 0.05) is 20.6 Å². The van der Waals surface area contributed by atoms with Gasteiger partial charge in [0.05, 0.1) is 11.6 Å². The lowest BCUT2D eigenvalue weighted by Gasteiger charge is -2.08. The molecular weight excluding hydrogens is 363 g/mol. The summed E-state index contributed by atoms with van der Waals surface area (Å²) in [6.07, 6.45) is 0. The van der Waals surface area contributed by atoms with Gasteiger partial charge in [0.25, 0.3) is 0 Å². The summed E-state index contributed by atoms with van der Waals surface area (Å²) >= 11 is 15.3.